The summed E-state index contributed by atoms with van der Waals surface area (Å²) in [4.78, 5) is 12.7. The summed E-state index contributed by atoms with van der Waals surface area (Å²) in [5.74, 6) is 0.619. The van der Waals surface area contributed by atoms with Crippen molar-refractivity contribution in [3.63, 3.8) is 0 Å². The molecule has 4 heteroatoms. The monoisotopic (exact) mass is 373 g/mol. The molecule has 98 valence electrons. The van der Waals surface area contributed by atoms with Crippen LogP contribution in [-0.2, 0) is 0 Å². The Balaban J connectivity index is 1.87. The van der Waals surface area contributed by atoms with Gasteiger partial charge in [-0.3, -0.25) is 4.79 Å². The summed E-state index contributed by atoms with van der Waals surface area (Å²) >= 11 is 7.08. The van der Waals surface area contributed by atoms with Gasteiger partial charge in [-0.2, -0.15) is 0 Å². The number of alkyl halides is 1. The van der Waals surface area contributed by atoms with Crippen LogP contribution >= 0.6 is 31.9 Å². The highest BCUT2D eigenvalue weighted by Gasteiger charge is 2.20. The summed E-state index contributed by atoms with van der Waals surface area (Å²) in [7, 11) is 0. The minimum absolute atomic E-state index is 0.0131. The Morgan fingerprint density at radius 1 is 1.33 bits per heavy atom. The van der Waals surface area contributed by atoms with Crippen molar-refractivity contribution >= 4 is 37.8 Å². The van der Waals surface area contributed by atoms with Crippen LogP contribution in [0.4, 0.5) is 0 Å². The quantitative estimate of drug-likeness (QED) is 0.791. The zero-order valence-corrected chi connectivity index (χ0v) is 13.3. The summed E-state index contributed by atoms with van der Waals surface area (Å²) in [6, 6.07) is 7.53. The number of hydrogen-bond acceptors (Lipinski definition) is 1. The average molecular weight is 375 g/mol. The van der Waals surface area contributed by atoms with E-state index < -0.39 is 0 Å². The lowest BCUT2D eigenvalue weighted by Crippen LogP contribution is -2.32. The second-order valence-electron chi connectivity index (χ2n) is 4.82. The molecule has 1 aromatic rings. The number of benzene rings is 1. The first-order valence-corrected chi connectivity index (χ1v) is 8.04. The number of hydrogen-bond donors (Lipinski definition) is 1. The van der Waals surface area contributed by atoms with E-state index >= 15 is 0 Å². The molecule has 1 aromatic carbocycles. The van der Waals surface area contributed by atoms with Gasteiger partial charge in [0.25, 0.3) is 5.91 Å². The van der Waals surface area contributed by atoms with Crippen molar-refractivity contribution in [2.75, 3.05) is 6.54 Å². The van der Waals surface area contributed by atoms with Crippen LogP contribution in [0.2, 0.25) is 0 Å². The van der Waals surface area contributed by atoms with E-state index in [9.17, 15) is 4.79 Å². The standard InChI is InChI=1S/C14H17Br2NO/c15-11-5-3-4-10(8-11)9-17-14(18)12-6-1-2-7-13(12)16/h1-2,6-7,10-11H,3-5,8-9H2,(H,17,18). The zero-order valence-electron chi connectivity index (χ0n) is 10.2. The Hall–Kier alpha value is -0.350. The molecular weight excluding hydrogens is 358 g/mol. The van der Waals surface area contributed by atoms with Gasteiger partial charge in [0.1, 0.15) is 0 Å². The fraction of sp³-hybridized carbons (Fsp3) is 0.500. The molecule has 2 unspecified atom stereocenters. The van der Waals surface area contributed by atoms with Crippen LogP contribution < -0.4 is 5.32 Å². The SMILES string of the molecule is O=C(NCC1CCCC(Br)C1)c1ccccc1Br. The number of nitrogens with one attached hydrogen (secondary N) is 1. The Labute approximate surface area is 125 Å². The van der Waals surface area contributed by atoms with Crippen LogP contribution in [0.3, 0.4) is 0 Å². The van der Waals surface area contributed by atoms with Gasteiger partial charge >= 0.3 is 0 Å². The second kappa shape index (κ2) is 6.71. The molecule has 2 atom stereocenters. The van der Waals surface area contributed by atoms with Gasteiger partial charge in [0, 0.05) is 15.8 Å². The molecule has 2 rings (SSSR count). The van der Waals surface area contributed by atoms with Crippen molar-refractivity contribution in [1.29, 1.82) is 0 Å². The Morgan fingerprint density at radius 3 is 2.83 bits per heavy atom. The highest BCUT2D eigenvalue weighted by Crippen LogP contribution is 2.28. The summed E-state index contributed by atoms with van der Waals surface area (Å²) in [5, 5.41) is 3.04. The van der Waals surface area contributed by atoms with E-state index in [2.05, 4.69) is 37.2 Å². The molecular formula is C14H17Br2NO. The lowest BCUT2D eigenvalue weighted by Gasteiger charge is -2.25. The molecule has 1 fully saturated rings. The van der Waals surface area contributed by atoms with Gasteiger partial charge in [-0.05, 0) is 53.2 Å². The highest BCUT2D eigenvalue weighted by atomic mass is 79.9. The van der Waals surface area contributed by atoms with E-state index in [-0.39, 0.29) is 5.91 Å². The van der Waals surface area contributed by atoms with E-state index in [1.54, 1.807) is 0 Å². The molecule has 1 amide bonds. The van der Waals surface area contributed by atoms with Crippen LogP contribution in [-0.4, -0.2) is 17.3 Å². The van der Waals surface area contributed by atoms with Crippen LogP contribution in [0.5, 0.6) is 0 Å². The van der Waals surface area contributed by atoms with Gasteiger partial charge in [0.05, 0.1) is 5.56 Å². The number of rotatable bonds is 3. The van der Waals surface area contributed by atoms with Crippen LogP contribution in [0.1, 0.15) is 36.0 Å². The normalized spacial score (nSPS) is 23.7. The van der Waals surface area contributed by atoms with Crippen LogP contribution in [0.15, 0.2) is 28.7 Å². The summed E-state index contributed by atoms with van der Waals surface area (Å²) in [6.45, 7) is 0.780. The summed E-state index contributed by atoms with van der Waals surface area (Å²) in [6.07, 6.45) is 4.90. The molecule has 1 N–H and O–H groups in total. The number of carbonyl (C=O) groups excluding carboxylic acids is 1. The summed E-state index contributed by atoms with van der Waals surface area (Å²) < 4.78 is 0.851. The third-order valence-electron chi connectivity index (χ3n) is 3.39. The molecule has 0 heterocycles. The van der Waals surface area contributed by atoms with Crippen molar-refractivity contribution < 1.29 is 4.79 Å². The van der Waals surface area contributed by atoms with E-state index in [4.69, 9.17) is 0 Å². The molecule has 0 saturated heterocycles. The molecule has 0 aliphatic heterocycles. The van der Waals surface area contributed by atoms with Crippen molar-refractivity contribution in [1.82, 2.24) is 5.32 Å². The van der Waals surface area contributed by atoms with Gasteiger partial charge in [0.2, 0.25) is 0 Å². The fourth-order valence-corrected chi connectivity index (χ4v) is 3.71. The minimum atomic E-state index is 0.0131. The number of halogens is 2. The van der Waals surface area contributed by atoms with Gasteiger partial charge in [-0.15, -0.1) is 0 Å². The number of carbonyl (C=O) groups is 1. The first-order chi connectivity index (χ1) is 8.66. The molecule has 2 nitrogen and oxygen atoms in total. The van der Waals surface area contributed by atoms with Gasteiger partial charge in [-0.1, -0.05) is 34.5 Å². The molecule has 1 saturated carbocycles. The highest BCUT2D eigenvalue weighted by molar-refractivity contribution is 9.10. The molecule has 18 heavy (non-hydrogen) atoms. The minimum Gasteiger partial charge on any atom is -0.352 e. The molecule has 0 bridgehead atoms. The maximum atomic E-state index is 12.0. The largest absolute Gasteiger partial charge is 0.352 e. The smallest absolute Gasteiger partial charge is 0.252 e. The maximum absolute atomic E-state index is 12.0. The second-order valence-corrected chi connectivity index (χ2v) is 6.97. The van der Waals surface area contributed by atoms with Crippen LogP contribution in [0.25, 0.3) is 0 Å². The zero-order chi connectivity index (χ0) is 13.0. The topological polar surface area (TPSA) is 29.1 Å². The Kier molecular flexibility index (Phi) is 5.25. The predicted octanol–water partition coefficient (Wildman–Crippen LogP) is 4.13. The predicted molar refractivity (Wildman–Crippen MR) is 81.1 cm³/mol. The van der Waals surface area contributed by atoms with Crippen molar-refractivity contribution in [3.8, 4) is 0 Å². The Morgan fingerprint density at radius 2 is 2.11 bits per heavy atom. The van der Waals surface area contributed by atoms with Crippen molar-refractivity contribution in [2.24, 2.45) is 5.92 Å². The molecule has 0 spiro atoms. The van der Waals surface area contributed by atoms with Gasteiger partial charge in [-0.25, -0.2) is 0 Å². The van der Waals surface area contributed by atoms with E-state index in [1.165, 1.54) is 19.3 Å². The Bertz CT molecular complexity index is 422. The lowest BCUT2D eigenvalue weighted by atomic mass is 9.89. The van der Waals surface area contributed by atoms with Gasteiger partial charge < -0.3 is 5.32 Å². The maximum Gasteiger partial charge on any atom is 0.252 e. The molecule has 0 radical (unpaired) electrons. The van der Waals surface area contributed by atoms with E-state index in [0.29, 0.717) is 16.3 Å². The molecule has 1 aliphatic rings. The molecule has 1 aliphatic carbocycles. The molecule has 0 aromatic heterocycles. The lowest BCUT2D eigenvalue weighted by molar-refractivity contribution is 0.0943. The van der Waals surface area contributed by atoms with Crippen molar-refractivity contribution in [2.45, 2.75) is 30.5 Å². The van der Waals surface area contributed by atoms with E-state index in [1.807, 2.05) is 24.3 Å². The van der Waals surface area contributed by atoms with Crippen LogP contribution in [0, 0.1) is 5.92 Å². The number of amides is 1. The summed E-state index contributed by atoms with van der Waals surface area (Å²) in [5.41, 5.74) is 0.712. The van der Waals surface area contributed by atoms with E-state index in [0.717, 1.165) is 17.4 Å². The van der Waals surface area contributed by atoms with Gasteiger partial charge in [0.15, 0.2) is 0 Å². The third kappa shape index (κ3) is 3.82. The van der Waals surface area contributed by atoms with Crippen molar-refractivity contribution in [3.05, 3.63) is 34.3 Å². The first kappa shape index (κ1) is 14.1. The fourth-order valence-electron chi connectivity index (χ4n) is 2.39. The first-order valence-electron chi connectivity index (χ1n) is 6.33. The third-order valence-corrected chi connectivity index (χ3v) is 4.91. The average Bonchev–Trinajstić information content (AvgIpc) is 2.37.